The standard InChI is InChI=1S/C23H30N4O/c1-2-12-26-13-9-19(10-14-26)18-5-7-22(8-6-18)25-23(28)27-16-21(17-27)20-4-3-11-24-15-20/h3-8,11,15,19,21H,2,9-10,12-14,16-17H2,1H3,(H,25,28). The van der Waals surface area contributed by atoms with Crippen LogP contribution < -0.4 is 5.32 Å². The Balaban J connectivity index is 1.25. The van der Waals surface area contributed by atoms with E-state index in [1.165, 1.54) is 50.0 Å². The second-order valence-electron chi connectivity index (χ2n) is 8.06. The molecule has 0 saturated carbocycles. The summed E-state index contributed by atoms with van der Waals surface area (Å²) in [6, 6.07) is 12.5. The number of anilines is 1. The van der Waals surface area contributed by atoms with Gasteiger partial charge in [-0.1, -0.05) is 25.1 Å². The predicted octanol–water partition coefficient (Wildman–Crippen LogP) is 4.30. The SMILES string of the molecule is CCCN1CCC(c2ccc(NC(=O)N3CC(c4cccnc4)C3)cc2)CC1. The average Bonchev–Trinajstić information content (AvgIpc) is 2.69. The number of piperidine rings is 1. The Morgan fingerprint density at radius 2 is 1.82 bits per heavy atom. The molecule has 2 aromatic rings. The van der Waals surface area contributed by atoms with Crippen LogP contribution in [0.1, 0.15) is 49.1 Å². The highest BCUT2D eigenvalue weighted by Crippen LogP contribution is 2.30. The molecule has 2 aliphatic rings. The molecule has 3 heterocycles. The first-order valence-electron chi connectivity index (χ1n) is 10.5. The van der Waals surface area contributed by atoms with Crippen molar-refractivity contribution in [2.45, 2.75) is 38.0 Å². The van der Waals surface area contributed by atoms with Crippen LogP contribution in [0, 0.1) is 0 Å². The maximum Gasteiger partial charge on any atom is 0.321 e. The molecule has 5 heteroatoms. The molecule has 2 amide bonds. The second-order valence-corrected chi connectivity index (χ2v) is 8.06. The first kappa shape index (κ1) is 18.9. The molecule has 0 radical (unpaired) electrons. The van der Waals surface area contributed by atoms with E-state index >= 15 is 0 Å². The van der Waals surface area contributed by atoms with E-state index in [1.54, 1.807) is 6.20 Å². The lowest BCUT2D eigenvalue weighted by Gasteiger charge is -2.39. The summed E-state index contributed by atoms with van der Waals surface area (Å²) in [7, 11) is 0. The van der Waals surface area contributed by atoms with Gasteiger partial charge in [-0.3, -0.25) is 4.98 Å². The number of hydrogen-bond donors (Lipinski definition) is 1. The summed E-state index contributed by atoms with van der Waals surface area (Å²) >= 11 is 0. The van der Waals surface area contributed by atoms with Crippen molar-refractivity contribution in [3.05, 3.63) is 59.9 Å². The molecule has 0 spiro atoms. The van der Waals surface area contributed by atoms with Crippen LogP contribution in [0.5, 0.6) is 0 Å². The topological polar surface area (TPSA) is 48.5 Å². The molecule has 2 saturated heterocycles. The Morgan fingerprint density at radius 1 is 1.07 bits per heavy atom. The molecule has 4 rings (SSSR count). The number of rotatable bonds is 5. The van der Waals surface area contributed by atoms with E-state index < -0.39 is 0 Å². The molecule has 0 atom stereocenters. The Bertz CT molecular complexity index is 763. The number of pyridine rings is 1. The lowest BCUT2D eigenvalue weighted by molar-refractivity contribution is 0.164. The van der Waals surface area contributed by atoms with Crippen LogP contribution in [-0.4, -0.2) is 53.5 Å². The summed E-state index contributed by atoms with van der Waals surface area (Å²) in [6.45, 7) is 7.38. The van der Waals surface area contributed by atoms with Gasteiger partial charge in [-0.05, 0) is 74.1 Å². The van der Waals surface area contributed by atoms with Crippen LogP contribution in [0.4, 0.5) is 10.5 Å². The highest BCUT2D eigenvalue weighted by Gasteiger charge is 2.31. The minimum Gasteiger partial charge on any atom is -0.323 e. The van der Waals surface area contributed by atoms with Crippen molar-refractivity contribution < 1.29 is 4.79 Å². The van der Waals surface area contributed by atoms with Gasteiger partial charge in [-0.25, -0.2) is 4.79 Å². The fourth-order valence-corrected chi connectivity index (χ4v) is 4.32. The number of carbonyl (C=O) groups is 1. The number of carbonyl (C=O) groups excluding carboxylic acids is 1. The number of urea groups is 1. The number of likely N-dealkylation sites (tertiary alicyclic amines) is 2. The van der Waals surface area contributed by atoms with Crippen molar-refractivity contribution in [3.8, 4) is 0 Å². The Morgan fingerprint density at radius 3 is 2.46 bits per heavy atom. The number of nitrogens with one attached hydrogen (secondary N) is 1. The van der Waals surface area contributed by atoms with Crippen LogP contribution >= 0.6 is 0 Å². The molecule has 5 nitrogen and oxygen atoms in total. The van der Waals surface area contributed by atoms with Gasteiger partial charge in [-0.15, -0.1) is 0 Å². The van der Waals surface area contributed by atoms with Gasteiger partial charge in [0.05, 0.1) is 0 Å². The van der Waals surface area contributed by atoms with E-state index in [0.717, 1.165) is 18.8 Å². The third-order valence-electron chi connectivity index (χ3n) is 6.09. The molecule has 1 aromatic carbocycles. The zero-order valence-corrected chi connectivity index (χ0v) is 16.7. The van der Waals surface area contributed by atoms with Crippen molar-refractivity contribution in [2.24, 2.45) is 0 Å². The second kappa shape index (κ2) is 8.74. The van der Waals surface area contributed by atoms with Crippen molar-refractivity contribution >= 4 is 11.7 Å². The van der Waals surface area contributed by atoms with E-state index in [9.17, 15) is 4.79 Å². The van der Waals surface area contributed by atoms with Gasteiger partial charge in [-0.2, -0.15) is 0 Å². The van der Waals surface area contributed by atoms with Gasteiger partial charge in [0, 0.05) is 37.1 Å². The maximum atomic E-state index is 12.4. The van der Waals surface area contributed by atoms with Gasteiger partial charge >= 0.3 is 6.03 Å². The zero-order valence-electron chi connectivity index (χ0n) is 16.7. The predicted molar refractivity (Wildman–Crippen MR) is 113 cm³/mol. The van der Waals surface area contributed by atoms with Gasteiger partial charge in [0.2, 0.25) is 0 Å². The van der Waals surface area contributed by atoms with Crippen LogP contribution in [0.15, 0.2) is 48.8 Å². The summed E-state index contributed by atoms with van der Waals surface area (Å²) in [6.07, 6.45) is 7.37. The summed E-state index contributed by atoms with van der Waals surface area (Å²) in [5, 5.41) is 3.03. The van der Waals surface area contributed by atoms with Crippen molar-refractivity contribution in [2.75, 3.05) is 38.0 Å². The minimum absolute atomic E-state index is 0.0132. The normalized spacial score (nSPS) is 18.7. The van der Waals surface area contributed by atoms with Crippen molar-refractivity contribution in [3.63, 3.8) is 0 Å². The van der Waals surface area contributed by atoms with Gasteiger partial charge in [0.15, 0.2) is 0 Å². The molecular weight excluding hydrogens is 348 g/mol. The quantitative estimate of drug-likeness (QED) is 0.844. The largest absolute Gasteiger partial charge is 0.323 e. The van der Waals surface area contributed by atoms with Crippen LogP contribution in [-0.2, 0) is 0 Å². The molecule has 2 aliphatic heterocycles. The van der Waals surface area contributed by atoms with Gasteiger partial charge in [0.25, 0.3) is 0 Å². The van der Waals surface area contributed by atoms with E-state index in [1.807, 2.05) is 29.3 Å². The summed E-state index contributed by atoms with van der Waals surface area (Å²) in [5.74, 6) is 1.05. The highest BCUT2D eigenvalue weighted by atomic mass is 16.2. The van der Waals surface area contributed by atoms with Gasteiger partial charge in [0.1, 0.15) is 0 Å². The number of benzene rings is 1. The number of aromatic nitrogens is 1. The number of nitrogens with zero attached hydrogens (tertiary/aromatic N) is 3. The maximum absolute atomic E-state index is 12.4. The summed E-state index contributed by atoms with van der Waals surface area (Å²) < 4.78 is 0. The molecule has 1 N–H and O–H groups in total. The average molecular weight is 379 g/mol. The van der Waals surface area contributed by atoms with E-state index in [-0.39, 0.29) is 6.03 Å². The third kappa shape index (κ3) is 4.36. The first-order chi connectivity index (χ1) is 13.7. The molecule has 1 aromatic heterocycles. The van der Waals surface area contributed by atoms with Crippen molar-refractivity contribution in [1.82, 2.24) is 14.8 Å². The molecule has 28 heavy (non-hydrogen) atoms. The summed E-state index contributed by atoms with van der Waals surface area (Å²) in [5.41, 5.74) is 3.48. The lowest BCUT2D eigenvalue weighted by Crippen LogP contribution is -2.50. The fourth-order valence-electron chi connectivity index (χ4n) is 4.32. The molecule has 0 unspecified atom stereocenters. The molecular formula is C23H30N4O. The number of hydrogen-bond acceptors (Lipinski definition) is 3. The smallest absolute Gasteiger partial charge is 0.321 e. The molecule has 2 fully saturated rings. The van der Waals surface area contributed by atoms with E-state index in [0.29, 0.717) is 11.8 Å². The molecule has 148 valence electrons. The van der Waals surface area contributed by atoms with Gasteiger partial charge < -0.3 is 15.1 Å². The van der Waals surface area contributed by atoms with Crippen LogP contribution in [0.25, 0.3) is 0 Å². The minimum atomic E-state index is -0.0132. The number of amides is 2. The lowest BCUT2D eigenvalue weighted by atomic mass is 9.89. The first-order valence-corrected chi connectivity index (χ1v) is 10.5. The third-order valence-corrected chi connectivity index (χ3v) is 6.09. The van der Waals surface area contributed by atoms with Crippen molar-refractivity contribution in [1.29, 1.82) is 0 Å². The fraction of sp³-hybridized carbons (Fsp3) is 0.478. The van der Waals surface area contributed by atoms with Crippen LogP contribution in [0.2, 0.25) is 0 Å². The summed E-state index contributed by atoms with van der Waals surface area (Å²) in [4.78, 5) is 21.0. The zero-order chi connectivity index (χ0) is 19.3. The Hall–Kier alpha value is -2.40. The highest BCUT2D eigenvalue weighted by molar-refractivity contribution is 5.90. The molecule has 0 aliphatic carbocycles. The van der Waals surface area contributed by atoms with Crippen LogP contribution in [0.3, 0.4) is 0 Å². The monoisotopic (exact) mass is 378 g/mol. The Labute approximate surface area is 167 Å². The van der Waals surface area contributed by atoms with E-state index in [2.05, 4.69) is 40.3 Å². The van der Waals surface area contributed by atoms with E-state index in [4.69, 9.17) is 0 Å². The Kier molecular flexibility index (Phi) is 5.91. The molecule has 0 bridgehead atoms.